The molecule has 2 aromatic rings. The summed E-state index contributed by atoms with van der Waals surface area (Å²) in [6.07, 6.45) is -5.31. The van der Waals surface area contributed by atoms with Crippen LogP contribution >= 0.6 is 0 Å². The number of fused-ring (bicyclic) bond motifs is 3. The second-order valence-electron chi connectivity index (χ2n) is 10.6. The summed E-state index contributed by atoms with van der Waals surface area (Å²) >= 11 is 0. The Bertz CT molecular complexity index is 1330. The lowest BCUT2D eigenvalue weighted by molar-refractivity contribution is -0.315. The minimum absolute atomic E-state index is 0.0159. The van der Waals surface area contributed by atoms with Crippen molar-refractivity contribution in [3.05, 3.63) is 51.6 Å². The van der Waals surface area contributed by atoms with Crippen LogP contribution in [0.1, 0.15) is 69.3 Å². The van der Waals surface area contributed by atoms with Crippen LogP contribution in [0.2, 0.25) is 0 Å². The molecule has 0 spiro atoms. The van der Waals surface area contributed by atoms with E-state index in [9.17, 15) is 30.0 Å². The van der Waals surface area contributed by atoms with Crippen molar-refractivity contribution in [3.63, 3.8) is 0 Å². The van der Waals surface area contributed by atoms with E-state index in [-0.39, 0.29) is 46.4 Å². The van der Waals surface area contributed by atoms with E-state index in [0.29, 0.717) is 5.56 Å². The summed E-state index contributed by atoms with van der Waals surface area (Å²) in [6, 6.07) is 4.06. The molecule has 0 radical (unpaired) electrons. The van der Waals surface area contributed by atoms with E-state index in [1.54, 1.807) is 13.8 Å². The van der Waals surface area contributed by atoms with E-state index in [4.69, 9.17) is 23.7 Å². The Labute approximate surface area is 224 Å². The lowest BCUT2D eigenvalue weighted by atomic mass is 9.74. The van der Waals surface area contributed by atoms with Gasteiger partial charge in [0.2, 0.25) is 5.78 Å². The fourth-order valence-corrected chi connectivity index (χ4v) is 6.00. The van der Waals surface area contributed by atoms with Gasteiger partial charge in [0.25, 0.3) is 0 Å². The minimum atomic E-state index is -1.30. The number of ether oxygens (including phenoxy) is 5. The number of phenolic OH excluding ortho intramolecular Hbond substituents is 2. The zero-order chi connectivity index (χ0) is 28.4. The number of hydrogen-bond acceptors (Lipinski definition) is 11. The Balaban J connectivity index is 1.60. The van der Waals surface area contributed by atoms with E-state index in [1.807, 2.05) is 0 Å². The summed E-state index contributed by atoms with van der Waals surface area (Å²) in [5, 5.41) is 43.9. The molecule has 0 bridgehead atoms. The Morgan fingerprint density at radius 2 is 1.64 bits per heavy atom. The quantitative estimate of drug-likeness (QED) is 0.370. The van der Waals surface area contributed by atoms with Crippen molar-refractivity contribution in [2.24, 2.45) is 0 Å². The van der Waals surface area contributed by atoms with Gasteiger partial charge in [0.05, 0.1) is 36.0 Å². The maximum Gasteiger partial charge on any atom is 0.201 e. The fourth-order valence-electron chi connectivity index (χ4n) is 6.00. The average molecular weight is 545 g/mol. The lowest BCUT2D eigenvalue weighted by Gasteiger charge is -2.45. The zero-order valence-electron chi connectivity index (χ0n) is 22.3. The lowest BCUT2D eigenvalue weighted by Crippen LogP contribution is -2.59. The largest absolute Gasteiger partial charge is 0.507 e. The molecule has 0 saturated carbocycles. The molecule has 3 aliphatic rings. The third-order valence-corrected chi connectivity index (χ3v) is 7.81. The second kappa shape index (κ2) is 9.84. The van der Waals surface area contributed by atoms with Gasteiger partial charge < -0.3 is 44.1 Å². The topological polar surface area (TPSA) is 161 Å². The van der Waals surface area contributed by atoms with Crippen LogP contribution in [-0.2, 0) is 25.4 Å². The van der Waals surface area contributed by atoms with Gasteiger partial charge in [-0.2, -0.15) is 0 Å². The number of phenols is 2. The maximum atomic E-state index is 13.6. The molecule has 2 aromatic carbocycles. The summed E-state index contributed by atoms with van der Waals surface area (Å²) in [5.74, 6) is -2.04. The molecule has 1 aliphatic heterocycles. The Morgan fingerprint density at radius 1 is 0.974 bits per heavy atom. The van der Waals surface area contributed by atoms with Gasteiger partial charge >= 0.3 is 0 Å². The highest BCUT2D eigenvalue weighted by Gasteiger charge is 2.48. The minimum Gasteiger partial charge on any atom is -0.507 e. The molecular weight excluding hydrogens is 512 g/mol. The van der Waals surface area contributed by atoms with Crippen LogP contribution in [0.15, 0.2) is 18.2 Å². The predicted octanol–water partition coefficient (Wildman–Crippen LogP) is 1.77. The first-order chi connectivity index (χ1) is 18.4. The van der Waals surface area contributed by atoms with Crippen molar-refractivity contribution >= 4 is 11.6 Å². The van der Waals surface area contributed by atoms with E-state index < -0.39 is 65.5 Å². The van der Waals surface area contributed by atoms with Gasteiger partial charge in [0, 0.05) is 49.8 Å². The van der Waals surface area contributed by atoms with Gasteiger partial charge in [-0.25, -0.2) is 0 Å². The average Bonchev–Trinajstić information content (AvgIpc) is 2.85. The van der Waals surface area contributed by atoms with Crippen LogP contribution in [0.5, 0.6) is 17.2 Å². The van der Waals surface area contributed by atoms with Crippen LogP contribution in [0, 0.1) is 0 Å². The summed E-state index contributed by atoms with van der Waals surface area (Å²) in [7, 11) is 4.20. The number of aromatic hydroxyl groups is 2. The number of carbonyl (C=O) groups is 2. The first-order valence-corrected chi connectivity index (χ1v) is 12.6. The molecule has 1 heterocycles. The number of methoxy groups -OCH3 is 3. The fraction of sp³-hybridized carbons (Fsp3) is 0.500. The molecule has 5 unspecified atom stereocenters. The number of hydrogen-bond donors (Lipinski definition) is 4. The number of carbonyl (C=O) groups excluding carboxylic acids is 2. The first kappa shape index (κ1) is 27.5. The summed E-state index contributed by atoms with van der Waals surface area (Å²) in [5.41, 5.74) is -1.26. The molecule has 39 heavy (non-hydrogen) atoms. The zero-order valence-corrected chi connectivity index (χ0v) is 22.3. The molecule has 7 atom stereocenters. The number of ketones is 2. The van der Waals surface area contributed by atoms with Crippen LogP contribution in [0.4, 0.5) is 0 Å². The van der Waals surface area contributed by atoms with Crippen LogP contribution in [-0.4, -0.2) is 89.6 Å². The van der Waals surface area contributed by atoms with E-state index in [0.717, 1.165) is 0 Å². The molecule has 5 rings (SSSR count). The van der Waals surface area contributed by atoms with Crippen LogP contribution in [0.3, 0.4) is 0 Å². The highest BCUT2D eigenvalue weighted by Crippen LogP contribution is 2.49. The van der Waals surface area contributed by atoms with Gasteiger partial charge in [-0.1, -0.05) is 0 Å². The first-order valence-electron chi connectivity index (χ1n) is 12.6. The molecule has 0 aromatic heterocycles. The smallest absolute Gasteiger partial charge is 0.201 e. The molecular formula is C28H32O11. The van der Waals surface area contributed by atoms with E-state index in [1.165, 1.54) is 39.5 Å². The highest BCUT2D eigenvalue weighted by atomic mass is 16.7. The molecule has 2 aliphatic carbocycles. The van der Waals surface area contributed by atoms with Gasteiger partial charge in [-0.3, -0.25) is 9.59 Å². The van der Waals surface area contributed by atoms with Crippen molar-refractivity contribution in [2.45, 2.75) is 69.1 Å². The van der Waals surface area contributed by atoms with Gasteiger partial charge in [0.15, 0.2) is 12.1 Å². The monoisotopic (exact) mass is 544 g/mol. The molecule has 210 valence electrons. The number of rotatable bonds is 5. The van der Waals surface area contributed by atoms with Crippen molar-refractivity contribution in [3.8, 4) is 17.2 Å². The van der Waals surface area contributed by atoms with Gasteiger partial charge in [0.1, 0.15) is 35.6 Å². The van der Waals surface area contributed by atoms with Gasteiger partial charge in [-0.15, -0.1) is 0 Å². The Morgan fingerprint density at radius 3 is 2.28 bits per heavy atom. The molecule has 1 fully saturated rings. The van der Waals surface area contributed by atoms with E-state index in [2.05, 4.69) is 0 Å². The molecule has 0 amide bonds. The summed E-state index contributed by atoms with van der Waals surface area (Å²) in [6.45, 7) is 3.31. The van der Waals surface area contributed by atoms with Crippen molar-refractivity contribution in [1.29, 1.82) is 0 Å². The summed E-state index contributed by atoms with van der Waals surface area (Å²) < 4.78 is 28.1. The van der Waals surface area contributed by atoms with Crippen molar-refractivity contribution in [2.75, 3.05) is 21.3 Å². The maximum absolute atomic E-state index is 13.6. The molecule has 4 N–H and O–H groups in total. The van der Waals surface area contributed by atoms with Crippen molar-refractivity contribution in [1.82, 2.24) is 0 Å². The highest BCUT2D eigenvalue weighted by molar-refractivity contribution is 6.30. The third-order valence-electron chi connectivity index (χ3n) is 7.81. The molecule has 11 nitrogen and oxygen atoms in total. The standard InChI is InChI=1S/C28H32O11/c1-11-25(36-4)24(33)26(37-5)27(38-11)39-17-10-28(2,34)9-12-6-14-20(22(31)18(12)17)23(32)19-15(21(14)30)7-13(35-3)8-16(19)29/h6-8,11,17,24-27,29,31,33-34H,9-10H2,1-5H3/t11?,17-,24?,25?,26?,27?,28+/m0/s1. The Kier molecular flexibility index (Phi) is 6.94. The van der Waals surface area contributed by atoms with Gasteiger partial charge in [-0.05, 0) is 31.5 Å². The summed E-state index contributed by atoms with van der Waals surface area (Å²) in [4.78, 5) is 27.0. The SMILES string of the molecule is COc1cc(O)c2c(c1)C(=O)c1cc3c(c(O)c1C2=O)[C@@H](OC1OC(C)C(OC)C(O)C1OC)C[C@](C)(O)C3. The van der Waals surface area contributed by atoms with E-state index >= 15 is 0 Å². The second-order valence-corrected chi connectivity index (χ2v) is 10.6. The number of aliphatic hydroxyl groups excluding tert-OH is 1. The molecule has 11 heteroatoms. The van der Waals surface area contributed by atoms with Crippen molar-refractivity contribution < 1.29 is 53.7 Å². The molecule has 1 saturated heterocycles. The number of benzene rings is 2. The van der Waals surface area contributed by atoms with Crippen LogP contribution < -0.4 is 4.74 Å². The normalized spacial score (nSPS) is 31.9. The number of aliphatic hydroxyl groups is 2. The predicted molar refractivity (Wildman–Crippen MR) is 134 cm³/mol. The van der Waals surface area contributed by atoms with Crippen LogP contribution in [0.25, 0.3) is 0 Å². The Hall–Kier alpha value is -3.06. The third kappa shape index (κ3) is 4.39.